The number of anilines is 1. The van der Waals surface area contributed by atoms with Crippen molar-refractivity contribution in [1.82, 2.24) is 0 Å². The van der Waals surface area contributed by atoms with Crippen LogP contribution in [0, 0.1) is 13.8 Å². The Hall–Kier alpha value is -1.81. The van der Waals surface area contributed by atoms with Crippen LogP contribution in [0.3, 0.4) is 0 Å². The highest BCUT2D eigenvalue weighted by Crippen LogP contribution is 2.43. The largest absolute Gasteiger partial charge is 0.262 e. The molecule has 0 saturated carbocycles. The molecule has 4 heteroatoms. The maximum Gasteiger partial charge on any atom is 0.232 e. The van der Waals surface area contributed by atoms with E-state index in [1.165, 1.54) is 6.26 Å². The van der Waals surface area contributed by atoms with Crippen molar-refractivity contribution in [3.63, 3.8) is 0 Å². The second-order valence-electron chi connectivity index (χ2n) is 5.71. The van der Waals surface area contributed by atoms with E-state index in [1.807, 2.05) is 56.3 Å². The molecule has 1 unspecified atom stereocenters. The average Bonchev–Trinajstić information content (AvgIpc) is 2.79. The molecule has 0 bridgehead atoms. The Bertz CT molecular complexity index is 796. The van der Waals surface area contributed by atoms with Crippen LogP contribution in [0.15, 0.2) is 42.5 Å². The Labute approximate surface area is 126 Å². The number of nitrogens with zero attached hydrogens (tertiary/aromatic N) is 1. The normalized spacial score (nSPS) is 17.9. The molecule has 0 fully saturated rings. The number of fused-ring (bicyclic) bond motifs is 1. The average molecular weight is 301 g/mol. The minimum absolute atomic E-state index is 0.141. The Kier molecular flexibility index (Phi) is 3.29. The Balaban J connectivity index is 2.20. The van der Waals surface area contributed by atoms with Crippen molar-refractivity contribution in [1.29, 1.82) is 0 Å². The van der Waals surface area contributed by atoms with E-state index in [4.69, 9.17) is 0 Å². The van der Waals surface area contributed by atoms with Gasteiger partial charge in [0.1, 0.15) is 0 Å². The van der Waals surface area contributed by atoms with Crippen LogP contribution in [-0.4, -0.2) is 14.7 Å². The summed E-state index contributed by atoms with van der Waals surface area (Å²) in [6.07, 6.45) is 2.02. The summed E-state index contributed by atoms with van der Waals surface area (Å²) in [6, 6.07) is 13.7. The minimum atomic E-state index is -3.31. The van der Waals surface area contributed by atoms with Crippen LogP contribution in [0.25, 0.3) is 0 Å². The maximum absolute atomic E-state index is 12.3. The van der Waals surface area contributed by atoms with Crippen molar-refractivity contribution in [2.75, 3.05) is 10.6 Å². The lowest BCUT2D eigenvalue weighted by atomic mass is 9.97. The maximum atomic E-state index is 12.3. The SMILES string of the molecule is Cc1ccccc1C1Cc2c(C)cccc2N1S(C)(=O)=O. The van der Waals surface area contributed by atoms with Gasteiger partial charge in [0.2, 0.25) is 10.0 Å². The van der Waals surface area contributed by atoms with Gasteiger partial charge in [-0.2, -0.15) is 0 Å². The molecule has 0 radical (unpaired) electrons. The van der Waals surface area contributed by atoms with Crippen molar-refractivity contribution in [2.45, 2.75) is 26.3 Å². The number of sulfonamides is 1. The molecule has 0 saturated heterocycles. The third-order valence-electron chi connectivity index (χ3n) is 4.21. The number of benzene rings is 2. The zero-order valence-corrected chi connectivity index (χ0v) is 13.3. The van der Waals surface area contributed by atoms with Crippen LogP contribution in [0.5, 0.6) is 0 Å². The topological polar surface area (TPSA) is 37.4 Å². The van der Waals surface area contributed by atoms with Gasteiger partial charge in [-0.15, -0.1) is 0 Å². The van der Waals surface area contributed by atoms with Gasteiger partial charge in [-0.3, -0.25) is 4.31 Å². The van der Waals surface area contributed by atoms with E-state index in [0.29, 0.717) is 0 Å². The molecule has 110 valence electrons. The zero-order valence-electron chi connectivity index (χ0n) is 12.5. The Morgan fingerprint density at radius 2 is 1.67 bits per heavy atom. The smallest absolute Gasteiger partial charge is 0.232 e. The molecule has 0 aliphatic carbocycles. The first-order valence-corrected chi connectivity index (χ1v) is 8.88. The predicted molar refractivity (Wildman–Crippen MR) is 86.1 cm³/mol. The van der Waals surface area contributed by atoms with Crippen LogP contribution in [0.1, 0.15) is 28.3 Å². The van der Waals surface area contributed by atoms with Gasteiger partial charge in [0.05, 0.1) is 18.0 Å². The van der Waals surface area contributed by atoms with Gasteiger partial charge >= 0.3 is 0 Å². The summed E-state index contributed by atoms with van der Waals surface area (Å²) in [5.41, 5.74) is 5.32. The quantitative estimate of drug-likeness (QED) is 0.853. The first-order chi connectivity index (χ1) is 9.89. The van der Waals surface area contributed by atoms with Crippen LogP contribution in [0.2, 0.25) is 0 Å². The number of rotatable bonds is 2. The molecule has 1 heterocycles. The van der Waals surface area contributed by atoms with Crippen molar-refractivity contribution in [3.8, 4) is 0 Å². The first-order valence-electron chi connectivity index (χ1n) is 7.03. The molecule has 1 aliphatic rings. The minimum Gasteiger partial charge on any atom is -0.262 e. The summed E-state index contributed by atoms with van der Waals surface area (Å²) >= 11 is 0. The van der Waals surface area contributed by atoms with Crippen molar-refractivity contribution in [2.24, 2.45) is 0 Å². The molecule has 0 aromatic heterocycles. The second kappa shape index (κ2) is 4.88. The fraction of sp³-hybridized carbons (Fsp3) is 0.294. The highest BCUT2D eigenvalue weighted by molar-refractivity contribution is 7.92. The molecule has 3 nitrogen and oxygen atoms in total. The molecule has 21 heavy (non-hydrogen) atoms. The standard InChI is InChI=1S/C17H19NO2S/c1-12-7-4-5-9-14(12)17-11-15-13(2)8-6-10-16(15)18(17)21(3,19)20/h4-10,17H,11H2,1-3H3. The molecular weight excluding hydrogens is 282 g/mol. The lowest BCUT2D eigenvalue weighted by molar-refractivity contribution is 0.588. The Morgan fingerprint density at radius 3 is 2.33 bits per heavy atom. The van der Waals surface area contributed by atoms with Crippen molar-refractivity contribution in [3.05, 3.63) is 64.7 Å². The van der Waals surface area contributed by atoms with Gasteiger partial charge < -0.3 is 0 Å². The molecule has 1 atom stereocenters. The van der Waals surface area contributed by atoms with Gasteiger partial charge in [0, 0.05) is 6.42 Å². The number of hydrogen-bond donors (Lipinski definition) is 0. The summed E-state index contributed by atoms with van der Waals surface area (Å²) < 4.78 is 26.2. The van der Waals surface area contributed by atoms with Crippen molar-refractivity contribution >= 4 is 15.7 Å². The summed E-state index contributed by atoms with van der Waals surface area (Å²) in [5, 5.41) is 0. The monoisotopic (exact) mass is 301 g/mol. The fourth-order valence-corrected chi connectivity index (χ4v) is 4.39. The van der Waals surface area contributed by atoms with E-state index in [-0.39, 0.29) is 6.04 Å². The second-order valence-corrected chi connectivity index (χ2v) is 7.57. The van der Waals surface area contributed by atoms with E-state index in [9.17, 15) is 8.42 Å². The molecular formula is C17H19NO2S. The van der Waals surface area contributed by atoms with E-state index < -0.39 is 10.0 Å². The number of aryl methyl sites for hydroxylation is 2. The molecule has 0 N–H and O–H groups in total. The highest BCUT2D eigenvalue weighted by Gasteiger charge is 2.37. The summed E-state index contributed by atoms with van der Waals surface area (Å²) in [5.74, 6) is 0. The van der Waals surface area contributed by atoms with Gasteiger partial charge in [-0.05, 0) is 42.2 Å². The van der Waals surface area contributed by atoms with Crippen LogP contribution in [0.4, 0.5) is 5.69 Å². The molecule has 0 spiro atoms. The summed E-state index contributed by atoms with van der Waals surface area (Å²) in [7, 11) is -3.31. The summed E-state index contributed by atoms with van der Waals surface area (Å²) in [6.45, 7) is 4.07. The fourth-order valence-electron chi connectivity index (χ4n) is 3.21. The van der Waals surface area contributed by atoms with E-state index >= 15 is 0 Å². The van der Waals surface area contributed by atoms with Gasteiger partial charge in [-0.1, -0.05) is 36.4 Å². The molecule has 2 aromatic carbocycles. The molecule has 1 aliphatic heterocycles. The van der Waals surface area contributed by atoms with Gasteiger partial charge in [0.25, 0.3) is 0 Å². The Morgan fingerprint density at radius 1 is 1.00 bits per heavy atom. The molecule has 3 rings (SSSR count). The third-order valence-corrected chi connectivity index (χ3v) is 5.37. The van der Waals surface area contributed by atoms with Crippen LogP contribution in [-0.2, 0) is 16.4 Å². The van der Waals surface area contributed by atoms with E-state index in [1.54, 1.807) is 4.31 Å². The first kappa shape index (κ1) is 14.1. The van der Waals surface area contributed by atoms with Crippen LogP contribution < -0.4 is 4.31 Å². The third kappa shape index (κ3) is 2.33. The van der Waals surface area contributed by atoms with Gasteiger partial charge in [-0.25, -0.2) is 8.42 Å². The molecule has 0 amide bonds. The predicted octanol–water partition coefficient (Wildman–Crippen LogP) is 3.37. The number of hydrogen-bond acceptors (Lipinski definition) is 2. The lowest BCUT2D eigenvalue weighted by Crippen LogP contribution is -2.31. The highest BCUT2D eigenvalue weighted by atomic mass is 32.2. The van der Waals surface area contributed by atoms with Crippen LogP contribution >= 0.6 is 0 Å². The van der Waals surface area contributed by atoms with E-state index in [2.05, 4.69) is 0 Å². The zero-order chi connectivity index (χ0) is 15.2. The summed E-state index contributed by atoms with van der Waals surface area (Å²) in [4.78, 5) is 0. The van der Waals surface area contributed by atoms with E-state index in [0.717, 1.165) is 34.4 Å². The van der Waals surface area contributed by atoms with Crippen molar-refractivity contribution < 1.29 is 8.42 Å². The lowest BCUT2D eigenvalue weighted by Gasteiger charge is -2.26. The van der Waals surface area contributed by atoms with Gasteiger partial charge in [0.15, 0.2) is 0 Å². The molecule has 2 aromatic rings.